The Balaban J connectivity index is 1.46. The predicted octanol–water partition coefficient (Wildman–Crippen LogP) is 1.23. The van der Waals surface area contributed by atoms with Gasteiger partial charge in [-0.3, -0.25) is 9.59 Å². The van der Waals surface area contributed by atoms with Gasteiger partial charge in [-0.05, 0) is 36.6 Å². The number of rotatable bonds is 3. The van der Waals surface area contributed by atoms with Crippen molar-refractivity contribution in [3.05, 3.63) is 23.8 Å². The van der Waals surface area contributed by atoms with E-state index in [0.29, 0.717) is 26.2 Å². The Hall–Kier alpha value is -1.93. The third-order valence-electron chi connectivity index (χ3n) is 6.02. The zero-order valence-electron chi connectivity index (χ0n) is 15.6. The maximum Gasteiger partial charge on any atom is 0.243 e. The highest BCUT2D eigenvalue weighted by Crippen LogP contribution is 2.31. The fourth-order valence-electron chi connectivity index (χ4n) is 4.34. The van der Waals surface area contributed by atoms with Crippen LogP contribution in [0.4, 0.5) is 5.69 Å². The first-order valence-corrected chi connectivity index (χ1v) is 11.0. The van der Waals surface area contributed by atoms with E-state index in [-0.39, 0.29) is 29.0 Å². The Morgan fingerprint density at radius 3 is 2.41 bits per heavy atom. The number of amides is 2. The minimum Gasteiger partial charge on any atom is -0.340 e. The highest BCUT2D eigenvalue weighted by Gasteiger charge is 2.34. The van der Waals surface area contributed by atoms with Crippen molar-refractivity contribution in [1.29, 1.82) is 0 Å². The molecule has 0 unspecified atom stereocenters. The lowest BCUT2D eigenvalue weighted by Gasteiger charge is -2.35. The van der Waals surface area contributed by atoms with Gasteiger partial charge < -0.3 is 9.80 Å². The maximum absolute atomic E-state index is 13.0. The fourth-order valence-corrected chi connectivity index (χ4v) is 5.81. The summed E-state index contributed by atoms with van der Waals surface area (Å²) in [5.41, 5.74) is 1.52. The number of sulfonamides is 1. The number of hydrogen-bond acceptors (Lipinski definition) is 4. The molecular weight excluding hydrogens is 366 g/mol. The quantitative estimate of drug-likeness (QED) is 0.776. The molecule has 1 aromatic carbocycles. The van der Waals surface area contributed by atoms with Crippen molar-refractivity contribution < 1.29 is 18.0 Å². The number of piperazine rings is 1. The molecule has 1 aromatic rings. The van der Waals surface area contributed by atoms with E-state index in [2.05, 4.69) is 0 Å². The summed E-state index contributed by atoms with van der Waals surface area (Å²) in [4.78, 5) is 28.0. The van der Waals surface area contributed by atoms with Crippen molar-refractivity contribution in [2.24, 2.45) is 5.92 Å². The van der Waals surface area contributed by atoms with Crippen LogP contribution in [0.1, 0.15) is 31.2 Å². The van der Waals surface area contributed by atoms with Gasteiger partial charge in [0.1, 0.15) is 0 Å². The number of anilines is 1. The van der Waals surface area contributed by atoms with Crippen LogP contribution in [0.15, 0.2) is 23.1 Å². The predicted molar refractivity (Wildman–Crippen MR) is 101 cm³/mol. The second kappa shape index (κ2) is 6.91. The third-order valence-corrected chi connectivity index (χ3v) is 7.92. The Morgan fingerprint density at radius 1 is 1.07 bits per heavy atom. The second-order valence-corrected chi connectivity index (χ2v) is 9.57. The number of likely N-dealkylation sites (N-methyl/N-ethyl adjacent to an activating group) is 1. The molecule has 7 nitrogen and oxygen atoms in total. The van der Waals surface area contributed by atoms with Gasteiger partial charge in [-0.25, -0.2) is 8.42 Å². The number of carbonyl (C=O) groups excluding carboxylic acids is 2. The standard InChI is InChI=1S/C19H25N3O4S/c1-20-17-7-6-16(12-15(17)13-18(20)23)27(25,26)22-10-8-21(9-11-22)19(24)14-4-2-3-5-14/h6-7,12,14H,2-5,8-11,13H2,1H3. The number of fused-ring (bicyclic) bond motifs is 1. The average molecular weight is 391 g/mol. The molecule has 1 aliphatic carbocycles. The summed E-state index contributed by atoms with van der Waals surface area (Å²) in [6.07, 6.45) is 4.37. The topological polar surface area (TPSA) is 78.0 Å². The van der Waals surface area contributed by atoms with Crippen LogP contribution in [0.25, 0.3) is 0 Å². The number of hydrogen-bond donors (Lipinski definition) is 0. The summed E-state index contributed by atoms with van der Waals surface area (Å²) >= 11 is 0. The van der Waals surface area contributed by atoms with Crippen molar-refractivity contribution in [3.63, 3.8) is 0 Å². The van der Waals surface area contributed by atoms with E-state index >= 15 is 0 Å². The lowest BCUT2D eigenvalue weighted by Crippen LogP contribution is -2.51. The SMILES string of the molecule is CN1C(=O)Cc2cc(S(=O)(=O)N3CCN(C(=O)C4CCCC4)CC3)ccc21. The monoisotopic (exact) mass is 391 g/mol. The first kappa shape index (κ1) is 18.4. The zero-order valence-corrected chi connectivity index (χ0v) is 16.4. The van der Waals surface area contributed by atoms with Gasteiger partial charge in [-0.1, -0.05) is 12.8 Å². The highest BCUT2D eigenvalue weighted by atomic mass is 32.2. The minimum absolute atomic E-state index is 0.0291. The van der Waals surface area contributed by atoms with Crippen molar-refractivity contribution >= 4 is 27.5 Å². The molecule has 1 saturated heterocycles. The van der Waals surface area contributed by atoms with Crippen molar-refractivity contribution in [2.45, 2.75) is 37.0 Å². The summed E-state index contributed by atoms with van der Waals surface area (Å²) in [7, 11) is -1.92. The molecule has 1 saturated carbocycles. The van der Waals surface area contributed by atoms with E-state index in [4.69, 9.17) is 0 Å². The minimum atomic E-state index is -3.62. The molecule has 0 aromatic heterocycles. The van der Waals surface area contributed by atoms with E-state index in [9.17, 15) is 18.0 Å². The van der Waals surface area contributed by atoms with Gasteiger partial charge in [-0.15, -0.1) is 0 Å². The summed E-state index contributed by atoms with van der Waals surface area (Å²) in [6, 6.07) is 4.88. The van der Waals surface area contributed by atoms with Crippen molar-refractivity contribution in [3.8, 4) is 0 Å². The average Bonchev–Trinajstić information content (AvgIpc) is 3.30. The smallest absolute Gasteiger partial charge is 0.243 e. The van der Waals surface area contributed by atoms with E-state index in [1.165, 1.54) is 4.31 Å². The van der Waals surface area contributed by atoms with Gasteiger partial charge in [0.05, 0.1) is 11.3 Å². The van der Waals surface area contributed by atoms with Gasteiger partial charge in [-0.2, -0.15) is 4.31 Å². The molecule has 2 amide bonds. The van der Waals surface area contributed by atoms with Crippen LogP contribution in [0.2, 0.25) is 0 Å². The van der Waals surface area contributed by atoms with Crippen LogP contribution in [0, 0.1) is 5.92 Å². The van der Waals surface area contributed by atoms with E-state index in [1.54, 1.807) is 30.1 Å². The molecule has 0 bridgehead atoms. The first-order chi connectivity index (χ1) is 12.9. The van der Waals surface area contributed by atoms with Crippen LogP contribution in [0.3, 0.4) is 0 Å². The molecule has 0 radical (unpaired) electrons. The molecule has 8 heteroatoms. The van der Waals surface area contributed by atoms with Gasteiger partial charge in [0.2, 0.25) is 21.8 Å². The highest BCUT2D eigenvalue weighted by molar-refractivity contribution is 7.89. The molecule has 2 heterocycles. The maximum atomic E-state index is 13.0. The summed E-state index contributed by atoms with van der Waals surface area (Å²) in [5.74, 6) is 0.279. The molecular formula is C19H25N3O4S. The zero-order chi connectivity index (χ0) is 19.2. The summed E-state index contributed by atoms with van der Waals surface area (Å²) < 4.78 is 27.5. The van der Waals surface area contributed by atoms with Crippen molar-refractivity contribution in [2.75, 3.05) is 38.1 Å². The molecule has 3 aliphatic rings. The first-order valence-electron chi connectivity index (χ1n) is 9.56. The van der Waals surface area contributed by atoms with Gasteiger partial charge in [0, 0.05) is 44.8 Å². The molecule has 146 valence electrons. The van der Waals surface area contributed by atoms with Crippen LogP contribution < -0.4 is 4.90 Å². The van der Waals surface area contributed by atoms with Crippen LogP contribution in [0.5, 0.6) is 0 Å². The van der Waals surface area contributed by atoms with Crippen LogP contribution in [-0.2, 0) is 26.0 Å². The second-order valence-electron chi connectivity index (χ2n) is 7.63. The molecule has 2 aliphatic heterocycles. The lowest BCUT2D eigenvalue weighted by atomic mass is 10.1. The van der Waals surface area contributed by atoms with Gasteiger partial charge in [0.15, 0.2) is 0 Å². The van der Waals surface area contributed by atoms with E-state index < -0.39 is 10.0 Å². The molecule has 0 spiro atoms. The van der Waals surface area contributed by atoms with Gasteiger partial charge in [0.25, 0.3) is 0 Å². The molecule has 0 N–H and O–H groups in total. The Labute approximate surface area is 160 Å². The Morgan fingerprint density at radius 2 is 1.74 bits per heavy atom. The Bertz CT molecular complexity index is 869. The lowest BCUT2D eigenvalue weighted by molar-refractivity contribution is -0.136. The largest absolute Gasteiger partial charge is 0.340 e. The molecule has 27 heavy (non-hydrogen) atoms. The van der Waals surface area contributed by atoms with Gasteiger partial charge >= 0.3 is 0 Å². The van der Waals surface area contributed by atoms with E-state index in [1.807, 2.05) is 4.90 Å². The number of benzene rings is 1. The fraction of sp³-hybridized carbons (Fsp3) is 0.579. The van der Waals surface area contributed by atoms with Crippen LogP contribution >= 0.6 is 0 Å². The van der Waals surface area contributed by atoms with E-state index in [0.717, 1.165) is 36.9 Å². The normalized spacial score (nSPS) is 21.7. The summed E-state index contributed by atoms with van der Waals surface area (Å²) in [5, 5.41) is 0. The van der Waals surface area contributed by atoms with Crippen LogP contribution in [-0.4, -0.2) is 62.7 Å². The number of carbonyl (C=O) groups is 2. The van der Waals surface area contributed by atoms with Crippen molar-refractivity contribution in [1.82, 2.24) is 9.21 Å². The third kappa shape index (κ3) is 3.25. The summed E-state index contributed by atoms with van der Waals surface area (Å²) in [6.45, 7) is 1.52. The molecule has 0 atom stereocenters. The number of nitrogens with zero attached hydrogens (tertiary/aromatic N) is 3. The molecule has 4 rings (SSSR count). The Kier molecular flexibility index (Phi) is 4.71. The molecule has 2 fully saturated rings.